The molecule has 0 aliphatic rings. The van der Waals surface area contributed by atoms with Gasteiger partial charge in [-0.25, -0.2) is 4.79 Å². The van der Waals surface area contributed by atoms with E-state index in [-0.39, 0.29) is 5.56 Å². The zero-order valence-electron chi connectivity index (χ0n) is 13.8. The van der Waals surface area contributed by atoms with Crippen LogP contribution in [0.2, 0.25) is 0 Å². The second-order valence-electron chi connectivity index (χ2n) is 5.86. The first-order valence-corrected chi connectivity index (χ1v) is 7.84. The van der Waals surface area contributed by atoms with E-state index in [1.165, 1.54) is 23.8 Å². The van der Waals surface area contributed by atoms with Crippen molar-refractivity contribution in [1.82, 2.24) is 19.1 Å². The van der Waals surface area contributed by atoms with Crippen LogP contribution in [-0.4, -0.2) is 33.2 Å². The van der Waals surface area contributed by atoms with Crippen LogP contribution >= 0.6 is 0 Å². The van der Waals surface area contributed by atoms with Crippen molar-refractivity contribution >= 4 is 17.1 Å². The lowest BCUT2D eigenvalue weighted by Gasteiger charge is -2.14. The van der Waals surface area contributed by atoms with Crippen molar-refractivity contribution in [1.29, 1.82) is 0 Å². The van der Waals surface area contributed by atoms with Crippen LogP contribution < -0.4 is 16.1 Å². The number of hydrogen-bond donors (Lipinski definition) is 1. The van der Waals surface area contributed by atoms with Crippen LogP contribution in [0.15, 0.2) is 9.59 Å². The minimum atomic E-state index is -0.435. The number of nitrogens with zero attached hydrogens (tertiary/aromatic N) is 4. The summed E-state index contributed by atoms with van der Waals surface area (Å²) < 4.78 is 3.30. The third-order valence-corrected chi connectivity index (χ3v) is 3.87. The maximum atomic E-state index is 12.2. The molecule has 7 heteroatoms. The topological polar surface area (TPSA) is 75.9 Å². The summed E-state index contributed by atoms with van der Waals surface area (Å²) in [6, 6.07) is 0. The van der Waals surface area contributed by atoms with Gasteiger partial charge in [0.1, 0.15) is 0 Å². The molecule has 0 fully saturated rings. The average molecular weight is 307 g/mol. The van der Waals surface area contributed by atoms with Crippen molar-refractivity contribution in [3.05, 3.63) is 20.8 Å². The number of aromatic nitrogens is 4. The molecule has 2 aromatic rings. The van der Waals surface area contributed by atoms with Gasteiger partial charge in [-0.2, -0.15) is 4.98 Å². The van der Waals surface area contributed by atoms with E-state index in [0.717, 1.165) is 19.4 Å². The predicted octanol–water partition coefficient (Wildman–Crippen LogP) is 1.46. The zero-order chi connectivity index (χ0) is 16.3. The standard InChI is InChI=1S/C15H25N5O2/c1-5-6-7-8-9-10-20-11-12(16-14(20)18(2)3)19(4)15(22)17-13(11)21/h5-10H2,1-4H3,(H,17,21,22). The van der Waals surface area contributed by atoms with Gasteiger partial charge in [-0.15, -0.1) is 0 Å². The van der Waals surface area contributed by atoms with Crippen molar-refractivity contribution in [2.24, 2.45) is 7.05 Å². The molecule has 0 aromatic carbocycles. The first-order chi connectivity index (χ1) is 10.5. The summed E-state index contributed by atoms with van der Waals surface area (Å²) in [5, 5.41) is 0. The molecule has 0 bridgehead atoms. The Morgan fingerprint density at radius 2 is 1.82 bits per heavy atom. The van der Waals surface area contributed by atoms with Crippen LogP contribution in [-0.2, 0) is 13.6 Å². The lowest BCUT2D eigenvalue weighted by atomic mass is 10.1. The minimum absolute atomic E-state index is 0.368. The van der Waals surface area contributed by atoms with Crippen molar-refractivity contribution in [2.75, 3.05) is 19.0 Å². The molecular weight excluding hydrogens is 282 g/mol. The predicted molar refractivity (Wildman–Crippen MR) is 88.7 cm³/mol. The Morgan fingerprint density at radius 3 is 2.45 bits per heavy atom. The number of aryl methyl sites for hydroxylation is 2. The molecule has 122 valence electrons. The van der Waals surface area contributed by atoms with Crippen LogP contribution in [0.5, 0.6) is 0 Å². The van der Waals surface area contributed by atoms with Crippen LogP contribution in [0.1, 0.15) is 39.0 Å². The molecule has 0 spiro atoms. The van der Waals surface area contributed by atoms with Crippen LogP contribution in [0, 0.1) is 0 Å². The Morgan fingerprint density at radius 1 is 1.14 bits per heavy atom. The number of imidazole rings is 1. The van der Waals surface area contributed by atoms with Gasteiger partial charge < -0.3 is 9.47 Å². The summed E-state index contributed by atoms with van der Waals surface area (Å²) in [5.41, 5.74) is 0.106. The summed E-state index contributed by atoms with van der Waals surface area (Å²) in [6.45, 7) is 2.92. The Kier molecular flexibility index (Phi) is 5.05. The second-order valence-corrected chi connectivity index (χ2v) is 5.86. The molecule has 2 rings (SSSR count). The molecule has 0 amide bonds. The maximum absolute atomic E-state index is 12.2. The van der Waals surface area contributed by atoms with Gasteiger partial charge in [0.15, 0.2) is 11.2 Å². The fourth-order valence-corrected chi connectivity index (χ4v) is 2.65. The van der Waals surface area contributed by atoms with Gasteiger partial charge >= 0.3 is 5.69 Å². The van der Waals surface area contributed by atoms with Crippen LogP contribution in [0.4, 0.5) is 5.95 Å². The van der Waals surface area contributed by atoms with Crippen LogP contribution in [0.3, 0.4) is 0 Å². The van der Waals surface area contributed by atoms with E-state index in [1.54, 1.807) is 7.05 Å². The number of aromatic amines is 1. The fourth-order valence-electron chi connectivity index (χ4n) is 2.65. The van der Waals surface area contributed by atoms with E-state index < -0.39 is 5.69 Å². The van der Waals surface area contributed by atoms with Gasteiger partial charge in [0.05, 0.1) is 0 Å². The number of fused-ring (bicyclic) bond motifs is 1. The summed E-state index contributed by atoms with van der Waals surface area (Å²) in [7, 11) is 5.40. The monoisotopic (exact) mass is 307 g/mol. The first kappa shape index (κ1) is 16.3. The summed E-state index contributed by atoms with van der Waals surface area (Å²) in [5.74, 6) is 0.706. The van der Waals surface area contributed by atoms with Gasteiger partial charge in [-0.05, 0) is 6.42 Å². The quantitative estimate of drug-likeness (QED) is 0.786. The highest BCUT2D eigenvalue weighted by Gasteiger charge is 2.17. The van der Waals surface area contributed by atoms with E-state index in [0.29, 0.717) is 17.1 Å². The highest BCUT2D eigenvalue weighted by atomic mass is 16.2. The average Bonchev–Trinajstić information content (AvgIpc) is 2.85. The smallest absolute Gasteiger partial charge is 0.329 e. The van der Waals surface area contributed by atoms with Gasteiger partial charge in [0.25, 0.3) is 5.56 Å². The molecule has 7 nitrogen and oxygen atoms in total. The maximum Gasteiger partial charge on any atom is 0.329 e. The van der Waals surface area contributed by atoms with Crippen molar-refractivity contribution < 1.29 is 0 Å². The van der Waals surface area contributed by atoms with Gasteiger partial charge in [-0.3, -0.25) is 14.3 Å². The molecule has 1 N–H and O–H groups in total. The molecule has 2 heterocycles. The molecular formula is C15H25N5O2. The summed E-state index contributed by atoms with van der Waals surface area (Å²) in [4.78, 5) is 32.6. The SMILES string of the molecule is CCCCCCCn1c(N(C)C)nc2c1c(=O)[nH]c(=O)n2C. The molecule has 0 radical (unpaired) electrons. The Bertz CT molecular complexity index is 754. The largest absolute Gasteiger partial charge is 0.348 e. The molecule has 0 aliphatic carbocycles. The third kappa shape index (κ3) is 3.08. The Labute approximate surface area is 129 Å². The van der Waals surface area contributed by atoms with Gasteiger partial charge in [0, 0.05) is 27.7 Å². The number of nitrogens with one attached hydrogen (secondary N) is 1. The highest BCUT2D eigenvalue weighted by molar-refractivity contribution is 5.74. The Hall–Kier alpha value is -2.05. The van der Waals surface area contributed by atoms with Crippen molar-refractivity contribution in [3.63, 3.8) is 0 Å². The van der Waals surface area contributed by atoms with E-state index in [4.69, 9.17) is 0 Å². The number of rotatable bonds is 7. The second kappa shape index (κ2) is 6.81. The normalized spacial score (nSPS) is 11.3. The van der Waals surface area contributed by atoms with Gasteiger partial charge in [0.2, 0.25) is 5.95 Å². The van der Waals surface area contributed by atoms with E-state index >= 15 is 0 Å². The molecule has 0 aliphatic heterocycles. The van der Waals surface area contributed by atoms with E-state index in [2.05, 4.69) is 16.9 Å². The lowest BCUT2D eigenvalue weighted by Crippen LogP contribution is -2.29. The molecule has 0 saturated heterocycles. The van der Waals surface area contributed by atoms with Crippen molar-refractivity contribution in [2.45, 2.75) is 45.6 Å². The van der Waals surface area contributed by atoms with Gasteiger partial charge in [-0.1, -0.05) is 32.6 Å². The third-order valence-electron chi connectivity index (χ3n) is 3.87. The molecule has 0 atom stereocenters. The number of unbranched alkanes of at least 4 members (excludes halogenated alkanes) is 4. The summed E-state index contributed by atoms with van der Waals surface area (Å²) >= 11 is 0. The Balaban J connectivity index is 2.42. The van der Waals surface area contributed by atoms with Crippen LogP contribution in [0.25, 0.3) is 11.2 Å². The van der Waals surface area contributed by atoms with Crippen molar-refractivity contribution in [3.8, 4) is 0 Å². The van der Waals surface area contributed by atoms with E-state index in [1.807, 2.05) is 23.6 Å². The molecule has 0 unspecified atom stereocenters. The molecule has 22 heavy (non-hydrogen) atoms. The fraction of sp³-hybridized carbons (Fsp3) is 0.667. The molecule has 0 saturated carbocycles. The minimum Gasteiger partial charge on any atom is -0.348 e. The summed E-state index contributed by atoms with van der Waals surface area (Å²) in [6.07, 6.45) is 5.77. The number of hydrogen-bond acceptors (Lipinski definition) is 4. The number of H-pyrrole nitrogens is 1. The van der Waals surface area contributed by atoms with E-state index in [9.17, 15) is 9.59 Å². The zero-order valence-corrected chi connectivity index (χ0v) is 13.8. The first-order valence-electron chi connectivity index (χ1n) is 7.84. The highest BCUT2D eigenvalue weighted by Crippen LogP contribution is 2.18. The molecule has 2 aromatic heterocycles. The lowest BCUT2D eigenvalue weighted by molar-refractivity contribution is 0.574. The number of anilines is 1.